The maximum Gasteiger partial charge on any atom is 0.418 e. The van der Waals surface area contributed by atoms with Crippen LogP contribution in [0.3, 0.4) is 0 Å². The van der Waals surface area contributed by atoms with Crippen molar-refractivity contribution in [2.24, 2.45) is 11.8 Å². The number of fused-ring (bicyclic) bond motifs is 1. The van der Waals surface area contributed by atoms with Gasteiger partial charge in [0.05, 0.1) is 23.7 Å². The van der Waals surface area contributed by atoms with Gasteiger partial charge in [0.25, 0.3) is 5.92 Å². The van der Waals surface area contributed by atoms with Gasteiger partial charge in [0, 0.05) is 49.2 Å². The van der Waals surface area contributed by atoms with Gasteiger partial charge in [-0.2, -0.15) is 13.2 Å². The molecule has 2 aliphatic heterocycles. The van der Waals surface area contributed by atoms with Crippen molar-refractivity contribution >= 4 is 28.6 Å². The summed E-state index contributed by atoms with van der Waals surface area (Å²) in [5.41, 5.74) is -1.21. The molecule has 1 aromatic heterocycles. The minimum atomic E-state index is -4.55. The number of piperidine rings is 1. The first kappa shape index (κ1) is 28.8. The van der Waals surface area contributed by atoms with Crippen molar-refractivity contribution in [3.8, 4) is 0 Å². The number of hydrogen-bond donors (Lipinski definition) is 1. The van der Waals surface area contributed by atoms with Crippen LogP contribution in [0.4, 0.5) is 32.4 Å². The van der Waals surface area contributed by atoms with Gasteiger partial charge in [0.15, 0.2) is 0 Å². The van der Waals surface area contributed by atoms with E-state index in [1.54, 1.807) is 32.9 Å². The van der Waals surface area contributed by atoms with Gasteiger partial charge in [-0.1, -0.05) is 6.92 Å². The number of amides is 2. The van der Waals surface area contributed by atoms with Crippen LogP contribution in [0, 0.1) is 11.8 Å². The van der Waals surface area contributed by atoms with E-state index in [1.165, 1.54) is 12.3 Å². The SMILES string of the molecule is CC1CN(c2ccc(C(F)(F)F)c3ncccc23)CC1NC(=O)CC1CCN(C(=O)OC(C)(C)C)CC1(F)F. The Kier molecular flexibility index (Phi) is 7.70. The summed E-state index contributed by atoms with van der Waals surface area (Å²) in [6.07, 6.45) is -4.49. The van der Waals surface area contributed by atoms with Crippen molar-refractivity contribution in [2.45, 2.75) is 64.3 Å². The number of halogens is 5. The van der Waals surface area contributed by atoms with E-state index in [4.69, 9.17) is 4.74 Å². The fourth-order valence-electron chi connectivity index (χ4n) is 5.22. The number of anilines is 1. The summed E-state index contributed by atoms with van der Waals surface area (Å²) in [6, 6.07) is 5.19. The maximum atomic E-state index is 14.9. The van der Waals surface area contributed by atoms with Crippen molar-refractivity contribution in [3.05, 3.63) is 36.0 Å². The lowest BCUT2D eigenvalue weighted by atomic mass is 9.89. The second kappa shape index (κ2) is 10.4. The Morgan fingerprint density at radius 2 is 1.87 bits per heavy atom. The molecule has 2 amide bonds. The molecule has 1 aromatic carbocycles. The number of benzene rings is 1. The molecule has 0 radical (unpaired) electrons. The highest BCUT2D eigenvalue weighted by Crippen LogP contribution is 2.39. The summed E-state index contributed by atoms with van der Waals surface area (Å²) >= 11 is 0. The summed E-state index contributed by atoms with van der Waals surface area (Å²) in [5.74, 6) is -5.08. The number of pyridine rings is 1. The number of aromatic nitrogens is 1. The molecule has 1 N–H and O–H groups in total. The van der Waals surface area contributed by atoms with Gasteiger partial charge in [-0.15, -0.1) is 0 Å². The fraction of sp³-hybridized carbons (Fsp3) is 0.593. The molecule has 2 aliphatic rings. The zero-order chi connectivity index (χ0) is 28.8. The molecule has 2 aromatic rings. The third kappa shape index (κ3) is 6.52. The van der Waals surface area contributed by atoms with Gasteiger partial charge < -0.3 is 19.9 Å². The van der Waals surface area contributed by atoms with Crippen LogP contribution in [0.1, 0.15) is 46.1 Å². The van der Waals surface area contributed by atoms with Gasteiger partial charge >= 0.3 is 12.3 Å². The Hall–Kier alpha value is -3.18. The number of hydrogen-bond acceptors (Lipinski definition) is 5. The van der Waals surface area contributed by atoms with Gasteiger partial charge in [0.2, 0.25) is 5.91 Å². The molecular formula is C27H33F5N4O3. The summed E-state index contributed by atoms with van der Waals surface area (Å²) in [4.78, 5) is 31.8. The lowest BCUT2D eigenvalue weighted by Crippen LogP contribution is -2.53. The number of nitrogens with zero attached hydrogens (tertiary/aromatic N) is 3. The molecule has 2 fully saturated rings. The molecule has 39 heavy (non-hydrogen) atoms. The Morgan fingerprint density at radius 1 is 1.15 bits per heavy atom. The molecule has 3 atom stereocenters. The first-order chi connectivity index (χ1) is 18.0. The molecular weight excluding hydrogens is 523 g/mol. The third-order valence-electron chi connectivity index (χ3n) is 7.18. The molecule has 0 saturated carbocycles. The smallest absolute Gasteiger partial charge is 0.418 e. The lowest BCUT2D eigenvalue weighted by Gasteiger charge is -2.38. The molecule has 4 rings (SSSR count). The van der Waals surface area contributed by atoms with Crippen LogP contribution in [-0.4, -0.2) is 65.6 Å². The topological polar surface area (TPSA) is 74.8 Å². The van der Waals surface area contributed by atoms with Crippen LogP contribution in [0.15, 0.2) is 30.5 Å². The third-order valence-corrected chi connectivity index (χ3v) is 7.18. The van der Waals surface area contributed by atoms with Gasteiger partial charge in [-0.3, -0.25) is 9.78 Å². The van der Waals surface area contributed by atoms with Crippen LogP contribution in [-0.2, 0) is 15.7 Å². The van der Waals surface area contributed by atoms with E-state index >= 15 is 0 Å². The molecule has 214 valence electrons. The number of nitrogens with one attached hydrogen (secondary N) is 1. The molecule has 0 spiro atoms. The second-order valence-electron chi connectivity index (χ2n) is 11.4. The van der Waals surface area contributed by atoms with Crippen LogP contribution in [0.2, 0.25) is 0 Å². The zero-order valence-electron chi connectivity index (χ0n) is 22.3. The monoisotopic (exact) mass is 556 g/mol. The van der Waals surface area contributed by atoms with Crippen molar-refractivity contribution in [1.29, 1.82) is 0 Å². The zero-order valence-corrected chi connectivity index (χ0v) is 22.3. The fourth-order valence-corrected chi connectivity index (χ4v) is 5.22. The summed E-state index contributed by atoms with van der Waals surface area (Å²) < 4.78 is 75.4. The molecule has 3 heterocycles. The predicted molar refractivity (Wildman–Crippen MR) is 136 cm³/mol. The Morgan fingerprint density at radius 3 is 2.51 bits per heavy atom. The maximum absolute atomic E-state index is 14.9. The van der Waals surface area contributed by atoms with Gasteiger partial charge in [-0.05, 0) is 57.4 Å². The normalized spacial score (nSPS) is 23.7. The number of carbonyl (C=O) groups is 2. The van der Waals surface area contributed by atoms with E-state index in [0.717, 1.165) is 11.0 Å². The summed E-state index contributed by atoms with van der Waals surface area (Å²) in [6.45, 7) is 6.88. The number of alkyl halides is 5. The molecule has 0 bridgehead atoms. The number of rotatable bonds is 4. The molecule has 2 saturated heterocycles. The number of likely N-dealkylation sites (tertiary alicyclic amines) is 1. The molecule has 12 heteroatoms. The van der Waals surface area contributed by atoms with Crippen molar-refractivity contribution in [1.82, 2.24) is 15.2 Å². The molecule has 0 aliphatic carbocycles. The van der Waals surface area contributed by atoms with E-state index in [1.807, 2.05) is 11.8 Å². The van der Waals surface area contributed by atoms with Crippen LogP contribution >= 0.6 is 0 Å². The quantitative estimate of drug-likeness (QED) is 0.505. The second-order valence-corrected chi connectivity index (χ2v) is 11.4. The standard InChI is InChI=1S/C27H33F5N4O3/c1-16-13-36(21-8-7-19(27(30,31)32)23-18(21)6-5-10-33-23)14-20(16)34-22(37)12-17-9-11-35(15-26(17,28)29)24(38)39-25(2,3)4/h5-8,10,16-17,20H,9,11-15H2,1-4H3,(H,34,37). The summed E-state index contributed by atoms with van der Waals surface area (Å²) in [7, 11) is 0. The Balaban J connectivity index is 1.39. The van der Waals surface area contributed by atoms with E-state index in [0.29, 0.717) is 24.2 Å². The predicted octanol–water partition coefficient (Wildman–Crippen LogP) is 5.48. The van der Waals surface area contributed by atoms with E-state index < -0.39 is 54.1 Å². The minimum Gasteiger partial charge on any atom is -0.444 e. The first-order valence-corrected chi connectivity index (χ1v) is 12.9. The highest BCUT2D eigenvalue weighted by Gasteiger charge is 2.47. The van der Waals surface area contributed by atoms with Crippen molar-refractivity contribution < 1.29 is 36.3 Å². The lowest BCUT2D eigenvalue weighted by molar-refractivity contribution is -0.136. The highest BCUT2D eigenvalue weighted by molar-refractivity contribution is 5.94. The molecule has 7 nitrogen and oxygen atoms in total. The van der Waals surface area contributed by atoms with Crippen LogP contribution in [0.5, 0.6) is 0 Å². The number of ether oxygens (including phenoxy) is 1. The summed E-state index contributed by atoms with van der Waals surface area (Å²) in [5, 5.41) is 3.20. The average Bonchev–Trinajstić information content (AvgIpc) is 3.17. The largest absolute Gasteiger partial charge is 0.444 e. The van der Waals surface area contributed by atoms with Crippen molar-refractivity contribution in [3.63, 3.8) is 0 Å². The van der Waals surface area contributed by atoms with E-state index in [-0.39, 0.29) is 30.4 Å². The van der Waals surface area contributed by atoms with E-state index in [9.17, 15) is 31.5 Å². The average molecular weight is 557 g/mol. The minimum absolute atomic E-state index is 0.0451. The first-order valence-electron chi connectivity index (χ1n) is 12.9. The van der Waals surface area contributed by atoms with Gasteiger partial charge in [0.1, 0.15) is 5.60 Å². The molecule has 3 unspecified atom stereocenters. The highest BCUT2D eigenvalue weighted by atomic mass is 19.4. The van der Waals surface area contributed by atoms with Crippen molar-refractivity contribution in [2.75, 3.05) is 31.1 Å². The number of carbonyl (C=O) groups excluding carboxylic acids is 2. The van der Waals surface area contributed by atoms with Crippen LogP contribution in [0.25, 0.3) is 10.9 Å². The van der Waals surface area contributed by atoms with E-state index in [2.05, 4.69) is 10.3 Å². The Bertz CT molecular complexity index is 1230. The van der Waals surface area contributed by atoms with Gasteiger partial charge in [-0.25, -0.2) is 13.6 Å². The Labute approximate surface area is 223 Å². The van der Waals surface area contributed by atoms with Crippen LogP contribution < -0.4 is 10.2 Å².